The van der Waals surface area contributed by atoms with Gasteiger partial charge in [-0.15, -0.1) is 0 Å². The van der Waals surface area contributed by atoms with Crippen molar-refractivity contribution in [2.75, 3.05) is 13.1 Å². The molecule has 18 heavy (non-hydrogen) atoms. The summed E-state index contributed by atoms with van der Waals surface area (Å²) in [6.45, 7) is 2.41. The molecule has 0 aliphatic carbocycles. The topological polar surface area (TPSA) is 90.5 Å². The maximum absolute atomic E-state index is 12.1. The average molecular weight is 250 g/mol. The third-order valence-electron chi connectivity index (χ3n) is 3.24. The van der Waals surface area contributed by atoms with E-state index in [-0.39, 0.29) is 29.5 Å². The van der Waals surface area contributed by atoms with Gasteiger partial charge in [0.1, 0.15) is 0 Å². The second-order valence-corrected chi connectivity index (χ2v) is 4.57. The van der Waals surface area contributed by atoms with Crippen molar-refractivity contribution in [1.29, 1.82) is 0 Å². The molecule has 1 aromatic heterocycles. The molecule has 0 unspecified atom stereocenters. The first-order chi connectivity index (χ1) is 8.49. The van der Waals surface area contributed by atoms with Crippen LogP contribution in [0.5, 0.6) is 0 Å². The Hall–Kier alpha value is -2.11. The van der Waals surface area contributed by atoms with Gasteiger partial charge in [0.2, 0.25) is 5.56 Å². The number of likely N-dealkylation sites (tertiary alicyclic amines) is 1. The normalized spacial score (nSPS) is 23.1. The highest BCUT2D eigenvalue weighted by atomic mass is 16.4. The van der Waals surface area contributed by atoms with Crippen molar-refractivity contribution in [2.45, 2.75) is 6.92 Å². The van der Waals surface area contributed by atoms with Crippen LogP contribution in [0.4, 0.5) is 0 Å². The number of aromatic amines is 1. The summed E-state index contributed by atoms with van der Waals surface area (Å²) in [4.78, 5) is 38.1. The lowest BCUT2D eigenvalue weighted by atomic mass is 9.99. The summed E-state index contributed by atoms with van der Waals surface area (Å²) in [6, 6.07) is 2.74. The molecule has 96 valence electrons. The molecule has 0 bridgehead atoms. The number of aromatic nitrogens is 1. The van der Waals surface area contributed by atoms with E-state index in [4.69, 9.17) is 5.11 Å². The lowest BCUT2D eigenvalue weighted by molar-refractivity contribution is -0.142. The predicted molar refractivity (Wildman–Crippen MR) is 63.3 cm³/mol. The van der Waals surface area contributed by atoms with Gasteiger partial charge in [-0.25, -0.2) is 0 Å². The van der Waals surface area contributed by atoms with Gasteiger partial charge >= 0.3 is 5.97 Å². The smallest absolute Gasteiger partial charge is 0.308 e. The number of carbonyl (C=O) groups excluding carboxylic acids is 1. The molecule has 0 aromatic carbocycles. The molecule has 0 radical (unpaired) electrons. The molecule has 6 heteroatoms. The highest BCUT2D eigenvalue weighted by Gasteiger charge is 2.37. The number of hydrogen-bond donors (Lipinski definition) is 2. The molecule has 2 atom stereocenters. The van der Waals surface area contributed by atoms with Crippen molar-refractivity contribution in [3.63, 3.8) is 0 Å². The first-order valence-corrected chi connectivity index (χ1v) is 5.70. The van der Waals surface area contributed by atoms with E-state index in [9.17, 15) is 14.4 Å². The van der Waals surface area contributed by atoms with Crippen LogP contribution in [0.2, 0.25) is 0 Å². The molecule has 1 aliphatic rings. The molecule has 6 nitrogen and oxygen atoms in total. The van der Waals surface area contributed by atoms with Crippen molar-refractivity contribution in [3.8, 4) is 0 Å². The Morgan fingerprint density at radius 3 is 2.72 bits per heavy atom. The number of carboxylic acids is 1. The zero-order valence-electron chi connectivity index (χ0n) is 9.92. The Morgan fingerprint density at radius 2 is 2.17 bits per heavy atom. The van der Waals surface area contributed by atoms with Crippen molar-refractivity contribution in [2.24, 2.45) is 11.8 Å². The molecule has 2 rings (SSSR count). The minimum Gasteiger partial charge on any atom is -0.481 e. The van der Waals surface area contributed by atoms with Gasteiger partial charge in [-0.1, -0.05) is 6.92 Å². The number of carbonyl (C=O) groups is 2. The Bertz CT molecular complexity index is 537. The van der Waals surface area contributed by atoms with E-state index in [0.29, 0.717) is 6.54 Å². The van der Waals surface area contributed by atoms with E-state index in [1.54, 1.807) is 0 Å². The van der Waals surface area contributed by atoms with Gasteiger partial charge in [0, 0.05) is 30.9 Å². The third-order valence-corrected chi connectivity index (χ3v) is 3.24. The Kier molecular flexibility index (Phi) is 3.18. The second-order valence-electron chi connectivity index (χ2n) is 4.57. The Morgan fingerprint density at radius 1 is 1.44 bits per heavy atom. The Labute approximate surface area is 103 Å². The van der Waals surface area contributed by atoms with Gasteiger partial charge in [-0.2, -0.15) is 0 Å². The minimum atomic E-state index is -0.885. The van der Waals surface area contributed by atoms with Crippen LogP contribution in [0.1, 0.15) is 17.3 Å². The molecule has 1 aromatic rings. The van der Waals surface area contributed by atoms with Gasteiger partial charge in [-0.05, 0) is 12.0 Å². The van der Waals surface area contributed by atoms with E-state index < -0.39 is 11.9 Å². The zero-order chi connectivity index (χ0) is 13.3. The number of amides is 1. The highest BCUT2D eigenvalue weighted by molar-refractivity contribution is 5.94. The van der Waals surface area contributed by atoms with E-state index in [0.717, 1.165) is 0 Å². The fourth-order valence-corrected chi connectivity index (χ4v) is 2.21. The molecule has 2 heterocycles. The van der Waals surface area contributed by atoms with Crippen LogP contribution in [-0.2, 0) is 4.79 Å². The molecular weight excluding hydrogens is 236 g/mol. The van der Waals surface area contributed by atoms with Crippen LogP contribution in [0.15, 0.2) is 23.1 Å². The fraction of sp³-hybridized carbons (Fsp3) is 0.417. The molecule has 1 saturated heterocycles. The SMILES string of the molecule is C[C@@H]1CN(C(=O)c2cc[nH]c(=O)c2)C[C@H]1C(=O)O. The van der Waals surface area contributed by atoms with Crippen molar-refractivity contribution in [3.05, 3.63) is 34.2 Å². The number of rotatable bonds is 2. The number of H-pyrrole nitrogens is 1. The molecular formula is C12H14N2O4. The molecule has 1 fully saturated rings. The van der Waals surface area contributed by atoms with Crippen LogP contribution in [0.3, 0.4) is 0 Å². The lowest BCUT2D eigenvalue weighted by Crippen LogP contribution is -2.30. The number of carboxylic acid groups (broad SMARTS) is 1. The molecule has 2 N–H and O–H groups in total. The van der Waals surface area contributed by atoms with Crippen LogP contribution < -0.4 is 5.56 Å². The zero-order valence-corrected chi connectivity index (χ0v) is 9.92. The van der Waals surface area contributed by atoms with Gasteiger partial charge in [0.25, 0.3) is 5.91 Å². The maximum atomic E-state index is 12.1. The van der Waals surface area contributed by atoms with Crippen molar-refractivity contribution < 1.29 is 14.7 Å². The summed E-state index contributed by atoms with van der Waals surface area (Å²) >= 11 is 0. The first kappa shape index (κ1) is 12.3. The van der Waals surface area contributed by atoms with E-state index >= 15 is 0 Å². The standard InChI is InChI=1S/C12H14N2O4/c1-7-5-14(6-9(7)12(17)18)11(16)8-2-3-13-10(15)4-8/h2-4,7,9H,5-6H2,1H3,(H,13,15)(H,17,18)/t7-,9-/m1/s1. The number of pyridine rings is 1. The van der Waals surface area contributed by atoms with E-state index in [2.05, 4.69) is 4.98 Å². The lowest BCUT2D eigenvalue weighted by Gasteiger charge is -2.15. The van der Waals surface area contributed by atoms with Gasteiger partial charge in [-0.3, -0.25) is 14.4 Å². The summed E-state index contributed by atoms with van der Waals surface area (Å²) in [5.74, 6) is -1.79. The summed E-state index contributed by atoms with van der Waals surface area (Å²) in [7, 11) is 0. The van der Waals surface area contributed by atoms with Crippen LogP contribution in [-0.4, -0.2) is 40.0 Å². The van der Waals surface area contributed by atoms with Gasteiger partial charge in [0.05, 0.1) is 5.92 Å². The number of hydrogen-bond acceptors (Lipinski definition) is 3. The predicted octanol–water partition coefficient (Wildman–Crippen LogP) is 0.168. The highest BCUT2D eigenvalue weighted by Crippen LogP contribution is 2.24. The number of nitrogens with zero attached hydrogens (tertiary/aromatic N) is 1. The van der Waals surface area contributed by atoms with Crippen LogP contribution in [0.25, 0.3) is 0 Å². The maximum Gasteiger partial charge on any atom is 0.308 e. The molecule has 0 saturated carbocycles. The summed E-state index contributed by atoms with van der Waals surface area (Å²) in [6.07, 6.45) is 1.41. The van der Waals surface area contributed by atoms with Crippen molar-refractivity contribution >= 4 is 11.9 Å². The third kappa shape index (κ3) is 2.27. The quantitative estimate of drug-likeness (QED) is 0.782. The van der Waals surface area contributed by atoms with E-state index in [1.165, 1.54) is 23.2 Å². The van der Waals surface area contributed by atoms with Crippen LogP contribution >= 0.6 is 0 Å². The molecule has 0 spiro atoms. The largest absolute Gasteiger partial charge is 0.481 e. The summed E-state index contributed by atoms with van der Waals surface area (Å²) in [5.41, 5.74) is -0.0557. The Balaban J connectivity index is 2.17. The summed E-state index contributed by atoms with van der Waals surface area (Å²) in [5, 5.41) is 9.00. The van der Waals surface area contributed by atoms with Crippen LogP contribution in [0, 0.1) is 11.8 Å². The second kappa shape index (κ2) is 4.64. The minimum absolute atomic E-state index is 0.0755. The van der Waals surface area contributed by atoms with Crippen molar-refractivity contribution in [1.82, 2.24) is 9.88 Å². The monoisotopic (exact) mass is 250 g/mol. The number of aliphatic carboxylic acids is 1. The van der Waals surface area contributed by atoms with Gasteiger partial charge < -0.3 is 15.0 Å². The average Bonchev–Trinajstić information content (AvgIpc) is 2.70. The fourth-order valence-electron chi connectivity index (χ4n) is 2.21. The summed E-state index contributed by atoms with van der Waals surface area (Å²) < 4.78 is 0. The molecule has 1 aliphatic heterocycles. The first-order valence-electron chi connectivity index (χ1n) is 5.70. The molecule has 1 amide bonds. The number of nitrogens with one attached hydrogen (secondary N) is 1. The van der Waals surface area contributed by atoms with Gasteiger partial charge in [0.15, 0.2) is 0 Å². The van der Waals surface area contributed by atoms with E-state index in [1.807, 2.05) is 6.92 Å².